The lowest BCUT2D eigenvalue weighted by Crippen LogP contribution is -2.44. The van der Waals surface area contributed by atoms with Gasteiger partial charge in [0.1, 0.15) is 18.2 Å². The van der Waals surface area contributed by atoms with E-state index in [1.165, 1.54) is 0 Å². The van der Waals surface area contributed by atoms with Crippen LogP contribution in [-0.4, -0.2) is 52.6 Å². The molecular formula is C29H36F2N4O3. The molecule has 0 bridgehead atoms. The Bertz CT molecular complexity index is 1240. The molecule has 0 fully saturated rings. The van der Waals surface area contributed by atoms with Crippen LogP contribution >= 0.6 is 0 Å². The number of nitrogens with two attached hydrogens (primary N) is 1. The van der Waals surface area contributed by atoms with Crippen molar-refractivity contribution in [2.75, 3.05) is 26.2 Å². The molecule has 9 heteroatoms. The van der Waals surface area contributed by atoms with Gasteiger partial charge in [0.15, 0.2) is 0 Å². The summed E-state index contributed by atoms with van der Waals surface area (Å²) in [5.41, 5.74) is 7.16. The van der Waals surface area contributed by atoms with E-state index in [0.717, 1.165) is 23.8 Å². The van der Waals surface area contributed by atoms with Gasteiger partial charge in [0, 0.05) is 42.7 Å². The van der Waals surface area contributed by atoms with Crippen LogP contribution in [-0.2, 0) is 16.1 Å². The number of rotatable bonds is 11. The number of aromatic nitrogens is 1. The van der Waals surface area contributed by atoms with E-state index in [-0.39, 0.29) is 24.6 Å². The molecule has 0 spiro atoms. The molecule has 0 saturated carbocycles. The van der Waals surface area contributed by atoms with E-state index in [1.54, 1.807) is 17.2 Å². The Kier molecular flexibility index (Phi) is 9.77. The van der Waals surface area contributed by atoms with Gasteiger partial charge < -0.3 is 25.6 Å². The molecule has 0 aliphatic carbocycles. The van der Waals surface area contributed by atoms with Crippen LogP contribution in [0.1, 0.15) is 44.5 Å². The van der Waals surface area contributed by atoms with Gasteiger partial charge in [-0.25, -0.2) is 8.78 Å². The number of halogens is 2. The molecule has 0 unspecified atom stereocenters. The third-order valence-electron chi connectivity index (χ3n) is 6.32. The van der Waals surface area contributed by atoms with Crippen LogP contribution in [0.4, 0.5) is 8.78 Å². The van der Waals surface area contributed by atoms with Crippen LogP contribution in [0.15, 0.2) is 60.8 Å². The summed E-state index contributed by atoms with van der Waals surface area (Å²) in [4.78, 5) is 26.2. The van der Waals surface area contributed by atoms with Crippen molar-refractivity contribution in [2.45, 2.75) is 39.8 Å². The predicted molar refractivity (Wildman–Crippen MR) is 143 cm³/mol. The van der Waals surface area contributed by atoms with Gasteiger partial charge in [-0.3, -0.25) is 9.59 Å². The van der Waals surface area contributed by atoms with Crippen LogP contribution in [0, 0.1) is 17.0 Å². The topological polar surface area (TPSA) is 101 Å². The number of nitrogens with zero attached hydrogens (tertiary/aromatic N) is 2. The number of hydrogen-bond acceptors (Lipinski definition) is 4. The van der Waals surface area contributed by atoms with E-state index < -0.39 is 35.6 Å². The van der Waals surface area contributed by atoms with Crippen molar-refractivity contribution in [1.82, 2.24) is 14.8 Å². The third-order valence-corrected chi connectivity index (χ3v) is 6.32. The van der Waals surface area contributed by atoms with Gasteiger partial charge in [-0.1, -0.05) is 51.1 Å². The smallest absolute Gasteiger partial charge is 0.248 e. The first kappa shape index (κ1) is 29.0. The number of carbonyl (C=O) groups excluding carboxylic acids is 2. The summed E-state index contributed by atoms with van der Waals surface area (Å²) in [5, 5.41) is 12.5. The lowest BCUT2D eigenvalue weighted by molar-refractivity contribution is -0.139. The van der Waals surface area contributed by atoms with Gasteiger partial charge in [-0.15, -0.1) is 0 Å². The standard InChI is InChI=1S/C29H36F2N4O3/c1-29(2,3)28(35(27(38)19-36)13-7-12-33-26(37)16-32)25-14-21(23-15-22(30)10-11-24(23)31)18-34(25)17-20-8-5-4-6-9-20/h4-6,8-11,14-15,18,28,36H,7,12-13,16-17,19,32H2,1-3H3,(H,33,37)/t28-/m0/s1. The number of nitrogens with one attached hydrogen (secondary N) is 1. The minimum atomic E-state index is -0.688. The average molecular weight is 527 g/mol. The molecule has 0 radical (unpaired) electrons. The second-order valence-electron chi connectivity index (χ2n) is 10.3. The quantitative estimate of drug-likeness (QED) is 0.331. The van der Waals surface area contributed by atoms with E-state index in [2.05, 4.69) is 5.32 Å². The number of benzene rings is 2. The Labute approximate surface area is 222 Å². The number of aliphatic hydroxyl groups excluding tert-OH is 1. The number of carbonyl (C=O) groups is 2. The fourth-order valence-electron chi connectivity index (χ4n) is 4.65. The predicted octanol–water partition coefficient (Wildman–Crippen LogP) is 3.85. The SMILES string of the molecule is CC(C)(C)[C@H](c1cc(-c2cc(F)ccc2F)cn1Cc1ccccc1)N(CCCNC(=O)CN)C(=O)CO. The van der Waals surface area contributed by atoms with Gasteiger partial charge in [0.05, 0.1) is 12.6 Å². The fourth-order valence-corrected chi connectivity index (χ4v) is 4.65. The highest BCUT2D eigenvalue weighted by Gasteiger charge is 2.36. The van der Waals surface area contributed by atoms with Crippen LogP contribution in [0.5, 0.6) is 0 Å². The zero-order valence-corrected chi connectivity index (χ0v) is 22.1. The number of hydrogen-bond donors (Lipinski definition) is 3. The Balaban J connectivity index is 2.10. The molecule has 3 rings (SSSR count). The highest BCUT2D eigenvalue weighted by atomic mass is 19.1. The summed E-state index contributed by atoms with van der Waals surface area (Å²) >= 11 is 0. The molecule has 2 amide bonds. The van der Waals surface area contributed by atoms with Crippen molar-refractivity contribution >= 4 is 11.8 Å². The van der Waals surface area contributed by atoms with Gasteiger partial charge in [0.25, 0.3) is 0 Å². The summed E-state index contributed by atoms with van der Waals surface area (Å²) in [5.74, 6) is -1.87. The lowest BCUT2D eigenvalue weighted by atomic mass is 9.83. The van der Waals surface area contributed by atoms with Crippen LogP contribution in [0.25, 0.3) is 11.1 Å². The van der Waals surface area contributed by atoms with E-state index in [1.807, 2.05) is 55.7 Å². The third kappa shape index (κ3) is 7.26. The maximum Gasteiger partial charge on any atom is 0.248 e. The van der Waals surface area contributed by atoms with Gasteiger partial charge in [0.2, 0.25) is 11.8 Å². The van der Waals surface area contributed by atoms with Gasteiger partial charge in [-0.05, 0) is 41.7 Å². The monoisotopic (exact) mass is 526 g/mol. The molecule has 0 saturated heterocycles. The molecule has 0 aliphatic heterocycles. The molecule has 3 aromatic rings. The number of amides is 2. The Morgan fingerprint density at radius 1 is 1.11 bits per heavy atom. The maximum atomic E-state index is 14.8. The molecule has 4 N–H and O–H groups in total. The summed E-state index contributed by atoms with van der Waals surface area (Å²) in [6.45, 7) is 6.13. The molecule has 7 nitrogen and oxygen atoms in total. The minimum absolute atomic E-state index is 0.121. The summed E-state index contributed by atoms with van der Waals surface area (Å²) in [7, 11) is 0. The van der Waals surface area contributed by atoms with Crippen molar-refractivity contribution in [3.05, 3.63) is 83.7 Å². The van der Waals surface area contributed by atoms with E-state index in [0.29, 0.717) is 30.8 Å². The molecule has 204 valence electrons. The Hall–Kier alpha value is -3.56. The summed E-state index contributed by atoms with van der Waals surface area (Å²) in [6.07, 6.45) is 2.21. The first-order valence-electron chi connectivity index (χ1n) is 12.6. The second kappa shape index (κ2) is 12.8. The van der Waals surface area contributed by atoms with Crippen LogP contribution in [0.3, 0.4) is 0 Å². The largest absolute Gasteiger partial charge is 0.387 e. The van der Waals surface area contributed by atoms with Crippen LogP contribution in [0.2, 0.25) is 0 Å². The minimum Gasteiger partial charge on any atom is -0.387 e. The molecule has 38 heavy (non-hydrogen) atoms. The van der Waals surface area contributed by atoms with E-state index in [4.69, 9.17) is 5.73 Å². The highest BCUT2D eigenvalue weighted by Crippen LogP contribution is 2.41. The zero-order valence-electron chi connectivity index (χ0n) is 22.1. The molecular weight excluding hydrogens is 490 g/mol. The van der Waals surface area contributed by atoms with Crippen molar-refractivity contribution in [1.29, 1.82) is 0 Å². The molecule has 1 atom stereocenters. The van der Waals surface area contributed by atoms with Crippen LogP contribution < -0.4 is 11.1 Å². The van der Waals surface area contributed by atoms with E-state index in [9.17, 15) is 23.5 Å². The number of aliphatic hydroxyl groups is 1. The Morgan fingerprint density at radius 3 is 2.45 bits per heavy atom. The summed E-state index contributed by atoms with van der Waals surface area (Å²) in [6, 6.07) is 14.3. The molecule has 0 aliphatic rings. The Morgan fingerprint density at radius 2 is 1.82 bits per heavy atom. The average Bonchev–Trinajstić information content (AvgIpc) is 3.28. The lowest BCUT2D eigenvalue weighted by Gasteiger charge is -2.41. The van der Waals surface area contributed by atoms with Crippen molar-refractivity contribution in [2.24, 2.45) is 11.1 Å². The van der Waals surface area contributed by atoms with Gasteiger partial charge >= 0.3 is 0 Å². The van der Waals surface area contributed by atoms with E-state index >= 15 is 0 Å². The maximum absolute atomic E-state index is 14.8. The highest BCUT2D eigenvalue weighted by molar-refractivity contribution is 5.78. The molecule has 1 aromatic heterocycles. The second-order valence-corrected chi connectivity index (χ2v) is 10.3. The van der Waals surface area contributed by atoms with Crippen molar-refractivity contribution in [3.63, 3.8) is 0 Å². The first-order valence-corrected chi connectivity index (χ1v) is 12.6. The van der Waals surface area contributed by atoms with Gasteiger partial charge in [-0.2, -0.15) is 0 Å². The normalized spacial score (nSPS) is 12.3. The molecule has 1 heterocycles. The van der Waals surface area contributed by atoms with Crippen molar-refractivity contribution in [3.8, 4) is 11.1 Å². The first-order chi connectivity index (χ1) is 18.0. The fraction of sp³-hybridized carbons (Fsp3) is 0.379. The van der Waals surface area contributed by atoms with Crippen molar-refractivity contribution < 1.29 is 23.5 Å². The zero-order chi connectivity index (χ0) is 27.9. The summed E-state index contributed by atoms with van der Waals surface area (Å²) < 4.78 is 30.8. The molecule has 2 aromatic carbocycles.